The summed E-state index contributed by atoms with van der Waals surface area (Å²) in [6.07, 6.45) is 0. The monoisotopic (exact) mass is 262 g/mol. The van der Waals surface area contributed by atoms with Crippen molar-refractivity contribution in [2.75, 3.05) is 0 Å². The van der Waals surface area contributed by atoms with Crippen LogP contribution in [0.2, 0.25) is 0 Å². The molecule has 0 fully saturated rings. The molecule has 0 aromatic rings. The maximum atomic E-state index is 7.25. The smallest absolute Gasteiger partial charge is 0.577 e. The molecule has 0 atom stereocenters. The molecule has 0 heterocycles. The third-order valence-electron chi connectivity index (χ3n) is 0. The maximum absolute atomic E-state index is 7.25. The van der Waals surface area contributed by atoms with Gasteiger partial charge >= 0.3 is 46.6 Å². The Morgan fingerprint density at radius 3 is 0.600 bits per heavy atom. The van der Waals surface area contributed by atoms with Crippen LogP contribution in [-0.4, -0.2) is 29.6 Å². The fourth-order valence-corrected chi connectivity index (χ4v) is 0. The molecule has 0 bridgehead atoms. The SMILES string of the molecule is [C-]#N.[C-]#N.[C-]#N.[C-]#N.[C-]#N.[Fe+5].[N-]=O.[Na+].[Na]. The van der Waals surface area contributed by atoms with Gasteiger partial charge in [-0.2, -0.15) is 0 Å². The van der Waals surface area contributed by atoms with Crippen molar-refractivity contribution in [1.29, 1.82) is 26.3 Å². The molecule has 0 aromatic carbocycles. The van der Waals surface area contributed by atoms with Gasteiger partial charge in [-0.1, -0.05) is 0 Å². The van der Waals surface area contributed by atoms with E-state index in [4.69, 9.17) is 69.7 Å². The van der Waals surface area contributed by atoms with Gasteiger partial charge in [0.2, 0.25) is 0 Å². The predicted molar refractivity (Wildman–Crippen MR) is 37.3 cm³/mol. The van der Waals surface area contributed by atoms with Crippen LogP contribution in [-0.2, 0) is 17.1 Å². The Bertz CT molecular complexity index is 98.9. The molecule has 0 aliphatic rings. The second-order valence-corrected chi connectivity index (χ2v) is 0. The molecule has 0 saturated carbocycles. The van der Waals surface area contributed by atoms with E-state index in [1.54, 1.807) is 0 Å². The van der Waals surface area contributed by atoms with Gasteiger partial charge in [-0.15, -0.1) is 0 Å². The Morgan fingerprint density at radius 1 is 0.600 bits per heavy atom. The first-order valence-corrected chi connectivity index (χ1v) is 1.30. The maximum Gasteiger partial charge on any atom is 5.00 e. The van der Waals surface area contributed by atoms with Crippen molar-refractivity contribution in [3.63, 3.8) is 0 Å². The van der Waals surface area contributed by atoms with E-state index in [2.05, 4.69) is 0 Å². The van der Waals surface area contributed by atoms with Gasteiger partial charge in [-0.3, -0.25) is 0 Å². The van der Waals surface area contributed by atoms with Gasteiger partial charge in [0.25, 0.3) is 0 Å². The van der Waals surface area contributed by atoms with Crippen molar-refractivity contribution in [2.45, 2.75) is 0 Å². The summed E-state index contributed by atoms with van der Waals surface area (Å²) < 4.78 is 0. The summed E-state index contributed by atoms with van der Waals surface area (Å²) in [7, 11) is 0. The van der Waals surface area contributed by atoms with E-state index in [1.165, 1.54) is 0 Å². The summed E-state index contributed by atoms with van der Waals surface area (Å²) in [4.78, 5) is 7.25. The van der Waals surface area contributed by atoms with Gasteiger partial charge in [0.1, 0.15) is 0 Å². The van der Waals surface area contributed by atoms with Crippen molar-refractivity contribution >= 4 is 29.6 Å². The largest absolute Gasteiger partial charge is 5.00 e. The van der Waals surface area contributed by atoms with E-state index >= 15 is 0 Å². The molecule has 0 unspecified atom stereocenters. The first-order chi connectivity index (χ1) is 6.00. The average Bonchev–Trinajstić information content (AvgIpc) is 2.33. The quantitative estimate of drug-likeness (QED) is 0.344. The van der Waals surface area contributed by atoms with Gasteiger partial charge in [0, 0.05) is 29.6 Å². The standard InChI is InChI=1S/5CN.Fe.NO.2Na/c5*1-2;;1-2;;/q5*-1;+5;-1;;+1. The molecule has 7 nitrogen and oxygen atoms in total. The van der Waals surface area contributed by atoms with E-state index < -0.39 is 0 Å². The first kappa shape index (κ1) is 86.5. The second-order valence-electron chi connectivity index (χ2n) is 0. The Hall–Kier alpha value is -0.431. The molecule has 0 amide bonds. The molecule has 0 N–H and O–H groups in total. The van der Waals surface area contributed by atoms with Gasteiger partial charge in [-0.25, -0.2) is 0 Å². The molecule has 2 radical (unpaired) electrons. The molecule has 66 valence electrons. The van der Waals surface area contributed by atoms with Gasteiger partial charge in [-0.05, 0) is 0 Å². The third-order valence-corrected chi connectivity index (χ3v) is 0. The molecular weight excluding hydrogens is 262 g/mol. The van der Waals surface area contributed by atoms with Gasteiger partial charge < -0.3 is 69.7 Å². The summed E-state index contributed by atoms with van der Waals surface area (Å²) in [6, 6.07) is 0. The van der Waals surface area contributed by atoms with Crippen molar-refractivity contribution < 1.29 is 46.6 Å². The zero-order valence-electron chi connectivity index (χ0n) is 7.95. The van der Waals surface area contributed by atoms with E-state index in [-0.39, 0.29) is 76.2 Å². The Labute approximate surface area is 144 Å². The van der Waals surface area contributed by atoms with Crippen molar-refractivity contribution in [3.8, 4) is 0 Å². The van der Waals surface area contributed by atoms with Crippen molar-refractivity contribution in [3.05, 3.63) is 43.4 Å². The number of hydrogen-bond acceptors (Lipinski definition) is 6. The predicted octanol–water partition coefficient (Wildman–Crippen LogP) is -2.58. The molecule has 0 saturated heterocycles. The summed E-state index contributed by atoms with van der Waals surface area (Å²) in [5.41, 5.74) is 5.75. The Kier molecular flexibility index (Phi) is 66700. The van der Waals surface area contributed by atoms with Crippen molar-refractivity contribution in [2.24, 2.45) is 0 Å². The van der Waals surface area contributed by atoms with Crippen LogP contribution < -0.4 is 29.6 Å². The number of nitroso groups, excluding NO2 is 1. The molecule has 0 aromatic heterocycles. The first-order valence-electron chi connectivity index (χ1n) is 1.30. The Balaban J connectivity index is -0.00000000396. The molecule has 15 heavy (non-hydrogen) atoms. The molecule has 0 rings (SSSR count). The number of hydrogen-bond donors (Lipinski definition) is 0. The van der Waals surface area contributed by atoms with E-state index in [0.717, 1.165) is 0 Å². The van der Waals surface area contributed by atoms with Crippen LogP contribution in [0.15, 0.2) is 0 Å². The average molecular weight is 262 g/mol. The summed E-state index contributed by atoms with van der Waals surface area (Å²) in [5.74, 6) is 0. The molecule has 0 aliphatic heterocycles. The van der Waals surface area contributed by atoms with Gasteiger partial charge in [0.15, 0.2) is 0 Å². The van der Waals surface area contributed by atoms with Crippen LogP contribution in [0, 0.1) is 64.1 Å². The van der Waals surface area contributed by atoms with E-state index in [1.807, 2.05) is 0 Å². The van der Waals surface area contributed by atoms with Gasteiger partial charge in [0.05, 0.1) is 0 Å². The molecular formula is C5FeN6Na2O. The minimum absolute atomic E-state index is 0. The van der Waals surface area contributed by atoms with Crippen LogP contribution in [0.4, 0.5) is 0 Å². The second kappa shape index (κ2) is 11600. The molecule has 10 heteroatoms. The zero-order valence-corrected chi connectivity index (χ0v) is 13.0. The van der Waals surface area contributed by atoms with Crippen LogP contribution in [0.1, 0.15) is 0 Å². The molecule has 0 aliphatic carbocycles. The van der Waals surface area contributed by atoms with E-state index in [0.29, 0.717) is 0 Å². The fraction of sp³-hybridized carbons (Fsp3) is 0. The van der Waals surface area contributed by atoms with Crippen LogP contribution in [0.25, 0.3) is 5.59 Å². The van der Waals surface area contributed by atoms with Crippen LogP contribution in [0.3, 0.4) is 0 Å². The number of rotatable bonds is 0. The zero-order chi connectivity index (χ0) is 12.0. The summed E-state index contributed by atoms with van der Waals surface area (Å²) in [5, 5.41) is 31.2. The number of nitrogens with zero attached hydrogens (tertiary/aromatic N) is 6. The van der Waals surface area contributed by atoms with Crippen LogP contribution >= 0.6 is 0 Å². The van der Waals surface area contributed by atoms with E-state index in [9.17, 15) is 0 Å². The Morgan fingerprint density at radius 2 is 0.600 bits per heavy atom. The van der Waals surface area contributed by atoms with Crippen LogP contribution in [0.5, 0.6) is 0 Å². The minimum Gasteiger partial charge on any atom is -0.577 e. The van der Waals surface area contributed by atoms with Crippen molar-refractivity contribution in [1.82, 2.24) is 0 Å². The summed E-state index contributed by atoms with van der Waals surface area (Å²) in [6.45, 7) is 23.8. The molecule has 0 spiro atoms. The minimum atomic E-state index is 0. The fourth-order valence-electron chi connectivity index (χ4n) is 0. The third kappa shape index (κ3) is 9800. The normalized spacial score (nSPS) is 0.933. The topological polar surface area (TPSA) is 158 Å². The summed E-state index contributed by atoms with van der Waals surface area (Å²) >= 11 is 0.